The quantitative estimate of drug-likeness (QED) is 0.839. The topological polar surface area (TPSA) is 40.5 Å². The minimum absolute atomic E-state index is 0.271. The third-order valence-electron chi connectivity index (χ3n) is 3.60. The van der Waals surface area contributed by atoms with Gasteiger partial charge in [0, 0.05) is 10.4 Å². The predicted octanol–water partition coefficient (Wildman–Crippen LogP) is 3.71. The van der Waals surface area contributed by atoms with Crippen LogP contribution in [-0.2, 0) is 11.8 Å². The van der Waals surface area contributed by atoms with Crippen molar-refractivity contribution < 1.29 is 14.6 Å². The van der Waals surface area contributed by atoms with Gasteiger partial charge in [-0.25, -0.2) is 4.39 Å². The summed E-state index contributed by atoms with van der Waals surface area (Å²) in [5.41, 5.74) is 0.482. The number of halogens is 3. The smallest absolute Gasteiger partial charge is 0.137 e. The molecule has 2 nitrogen and oxygen atoms in total. The number of hydrogen-bond donors (Lipinski definition) is 2. The molecule has 0 aliphatic carbocycles. The molecule has 0 amide bonds. The summed E-state index contributed by atoms with van der Waals surface area (Å²) in [5.74, 6) is -0.372. The van der Waals surface area contributed by atoms with Gasteiger partial charge in [0.25, 0.3) is 0 Å². The fourth-order valence-electron chi connectivity index (χ4n) is 2.31. The van der Waals surface area contributed by atoms with Gasteiger partial charge in [0.05, 0.1) is 17.7 Å². The third-order valence-corrected chi connectivity index (χ3v) is 4.73. The summed E-state index contributed by atoms with van der Waals surface area (Å²) in [6.45, 7) is -0.542. The lowest BCUT2D eigenvalue weighted by atomic mass is 9.77. The van der Waals surface area contributed by atoms with Crippen LogP contribution in [0.5, 0.6) is 0 Å². The maximum absolute atomic E-state index is 13.6. The molecule has 0 bridgehead atoms. The molecular formula is C16H15BrClFO2. The van der Waals surface area contributed by atoms with Gasteiger partial charge < -0.3 is 10.2 Å². The number of rotatable bonds is 5. The van der Waals surface area contributed by atoms with Crippen LogP contribution in [0.1, 0.15) is 11.1 Å². The van der Waals surface area contributed by atoms with Gasteiger partial charge in [-0.1, -0.05) is 35.9 Å². The second kappa shape index (κ2) is 6.88. The maximum atomic E-state index is 13.6. The SMILES string of the molecule is OCC(CO)(Cc1cccc(F)c1Br)c1cccc(Cl)c1. The Kier molecular flexibility index (Phi) is 5.38. The first-order chi connectivity index (χ1) is 10.0. The van der Waals surface area contributed by atoms with Crippen LogP contribution in [0.2, 0.25) is 5.02 Å². The van der Waals surface area contributed by atoms with Crippen molar-refractivity contribution in [1.29, 1.82) is 0 Å². The molecule has 2 rings (SSSR count). The Morgan fingerprint density at radius 2 is 1.76 bits per heavy atom. The lowest BCUT2D eigenvalue weighted by Gasteiger charge is -2.31. The van der Waals surface area contributed by atoms with E-state index in [2.05, 4.69) is 15.9 Å². The van der Waals surface area contributed by atoms with Crippen molar-refractivity contribution in [1.82, 2.24) is 0 Å². The van der Waals surface area contributed by atoms with Crippen LogP contribution < -0.4 is 0 Å². The molecule has 0 atom stereocenters. The normalized spacial score (nSPS) is 11.7. The van der Waals surface area contributed by atoms with Crippen molar-refractivity contribution in [3.8, 4) is 0 Å². The molecular weight excluding hydrogens is 359 g/mol. The molecule has 0 unspecified atom stereocenters. The zero-order valence-corrected chi connectivity index (χ0v) is 13.5. The van der Waals surface area contributed by atoms with Gasteiger partial charge in [0.1, 0.15) is 5.82 Å². The number of aliphatic hydroxyl groups excluding tert-OH is 2. The summed E-state index contributed by atoms with van der Waals surface area (Å²) in [6.07, 6.45) is 0.290. The predicted molar refractivity (Wildman–Crippen MR) is 85.1 cm³/mol. The van der Waals surface area contributed by atoms with Gasteiger partial charge in [-0.15, -0.1) is 0 Å². The maximum Gasteiger partial charge on any atom is 0.137 e. The van der Waals surface area contributed by atoms with Crippen LogP contribution in [0.15, 0.2) is 46.9 Å². The Bertz CT molecular complexity index is 629. The highest BCUT2D eigenvalue weighted by Crippen LogP contribution is 2.33. The van der Waals surface area contributed by atoms with Crippen molar-refractivity contribution in [2.24, 2.45) is 0 Å². The molecule has 0 saturated heterocycles. The van der Waals surface area contributed by atoms with Gasteiger partial charge >= 0.3 is 0 Å². The summed E-state index contributed by atoms with van der Waals surface area (Å²) in [4.78, 5) is 0. The lowest BCUT2D eigenvalue weighted by molar-refractivity contribution is 0.116. The fraction of sp³-hybridized carbons (Fsp3) is 0.250. The van der Waals surface area contributed by atoms with Crippen molar-refractivity contribution >= 4 is 27.5 Å². The molecule has 2 aromatic carbocycles. The van der Waals surface area contributed by atoms with E-state index in [-0.39, 0.29) is 19.0 Å². The molecule has 0 heterocycles. The highest BCUT2D eigenvalue weighted by Gasteiger charge is 2.32. The molecule has 0 aromatic heterocycles. The van der Waals surface area contributed by atoms with E-state index in [1.807, 2.05) is 0 Å². The van der Waals surface area contributed by atoms with E-state index >= 15 is 0 Å². The largest absolute Gasteiger partial charge is 0.395 e. The Hall–Kier alpha value is -0.940. The van der Waals surface area contributed by atoms with Crippen molar-refractivity contribution in [3.63, 3.8) is 0 Å². The van der Waals surface area contributed by atoms with Crippen LogP contribution in [0.4, 0.5) is 4.39 Å². The van der Waals surface area contributed by atoms with Gasteiger partial charge in [0.2, 0.25) is 0 Å². The second-order valence-electron chi connectivity index (χ2n) is 5.00. The third kappa shape index (κ3) is 3.46. The van der Waals surface area contributed by atoms with Crippen LogP contribution in [-0.4, -0.2) is 23.4 Å². The molecule has 0 radical (unpaired) electrons. The van der Waals surface area contributed by atoms with Gasteiger partial charge in [-0.2, -0.15) is 0 Å². The van der Waals surface area contributed by atoms with Crippen molar-refractivity contribution in [3.05, 3.63) is 68.9 Å². The van der Waals surface area contributed by atoms with Crippen molar-refractivity contribution in [2.75, 3.05) is 13.2 Å². The van der Waals surface area contributed by atoms with E-state index in [4.69, 9.17) is 11.6 Å². The molecule has 5 heteroatoms. The van der Waals surface area contributed by atoms with E-state index in [9.17, 15) is 14.6 Å². The standard InChI is InChI=1S/C16H15BrClFO2/c17-15-11(3-1-6-14(15)19)8-16(9-20,10-21)12-4-2-5-13(18)7-12/h1-7,20-21H,8-10H2. The molecule has 0 saturated carbocycles. The summed E-state index contributed by atoms with van der Waals surface area (Å²) in [7, 11) is 0. The Balaban J connectivity index is 2.45. The average Bonchev–Trinajstić information content (AvgIpc) is 2.49. The molecule has 2 N–H and O–H groups in total. The summed E-state index contributed by atoms with van der Waals surface area (Å²) in [5, 5.41) is 20.2. The summed E-state index contributed by atoms with van der Waals surface area (Å²) in [6, 6.07) is 11.7. The molecule has 112 valence electrons. The monoisotopic (exact) mass is 372 g/mol. The molecule has 21 heavy (non-hydrogen) atoms. The van der Waals surface area contributed by atoms with E-state index < -0.39 is 5.41 Å². The number of benzene rings is 2. The first kappa shape index (κ1) is 16.4. The van der Waals surface area contributed by atoms with E-state index in [0.717, 1.165) is 5.56 Å². The van der Waals surface area contributed by atoms with E-state index in [0.29, 0.717) is 21.5 Å². The number of hydrogen-bond acceptors (Lipinski definition) is 2. The van der Waals surface area contributed by atoms with Gasteiger partial charge in [0.15, 0.2) is 0 Å². The molecule has 0 aliphatic rings. The van der Waals surface area contributed by atoms with Crippen LogP contribution in [0, 0.1) is 5.82 Å². The fourth-order valence-corrected chi connectivity index (χ4v) is 2.91. The zero-order valence-electron chi connectivity index (χ0n) is 11.2. The Morgan fingerprint density at radius 1 is 1.10 bits per heavy atom. The molecule has 0 aliphatic heterocycles. The van der Waals surface area contributed by atoms with E-state index in [1.54, 1.807) is 36.4 Å². The van der Waals surface area contributed by atoms with E-state index in [1.165, 1.54) is 6.07 Å². The van der Waals surface area contributed by atoms with Crippen molar-refractivity contribution in [2.45, 2.75) is 11.8 Å². The first-order valence-corrected chi connectivity index (χ1v) is 7.60. The zero-order chi connectivity index (χ0) is 15.5. The van der Waals surface area contributed by atoms with Crippen LogP contribution in [0.3, 0.4) is 0 Å². The minimum atomic E-state index is -0.915. The second-order valence-corrected chi connectivity index (χ2v) is 6.23. The summed E-state index contributed by atoms with van der Waals surface area (Å²) >= 11 is 9.21. The summed E-state index contributed by atoms with van der Waals surface area (Å²) < 4.78 is 14.0. The molecule has 0 spiro atoms. The van der Waals surface area contributed by atoms with Crippen LogP contribution in [0.25, 0.3) is 0 Å². The van der Waals surface area contributed by atoms with Gasteiger partial charge in [-0.3, -0.25) is 0 Å². The molecule has 2 aromatic rings. The number of aliphatic hydroxyl groups is 2. The Labute approximate surface area is 136 Å². The average molecular weight is 374 g/mol. The van der Waals surface area contributed by atoms with Gasteiger partial charge in [-0.05, 0) is 51.7 Å². The molecule has 0 fully saturated rings. The van der Waals surface area contributed by atoms with Crippen LogP contribution >= 0.6 is 27.5 Å². The Morgan fingerprint density at radius 3 is 2.38 bits per heavy atom. The minimum Gasteiger partial charge on any atom is -0.395 e. The highest BCUT2D eigenvalue weighted by atomic mass is 79.9. The lowest BCUT2D eigenvalue weighted by Crippen LogP contribution is -2.37. The first-order valence-electron chi connectivity index (χ1n) is 6.43. The highest BCUT2D eigenvalue weighted by molar-refractivity contribution is 9.10.